The van der Waals surface area contributed by atoms with Crippen LogP contribution in [0, 0.1) is 0 Å². The maximum atomic E-state index is 4.83. The highest BCUT2D eigenvalue weighted by Gasteiger charge is 2.12. The molecule has 0 aliphatic heterocycles. The van der Waals surface area contributed by atoms with Crippen LogP contribution in [-0.2, 0) is 11.4 Å². The molecule has 1 aromatic rings. The lowest BCUT2D eigenvalue weighted by Crippen LogP contribution is -1.97. The summed E-state index contributed by atoms with van der Waals surface area (Å²) in [5, 5.41) is 3.57. The van der Waals surface area contributed by atoms with Gasteiger partial charge in [-0.2, -0.15) is 0 Å². The number of nitrogens with two attached hydrogens (primary N) is 1. The summed E-state index contributed by atoms with van der Waals surface area (Å²) in [5.74, 6) is 5.72. The second kappa shape index (κ2) is 3.70. The van der Waals surface area contributed by atoms with Crippen molar-refractivity contribution in [2.75, 3.05) is 7.11 Å². The zero-order valence-electron chi connectivity index (χ0n) is 5.83. The number of ether oxygens (including phenoxy) is 1. The molecule has 2 N–H and O–H groups in total. The molecule has 0 saturated carbocycles. The Morgan fingerprint density at radius 3 is 2.91 bits per heavy atom. The lowest BCUT2D eigenvalue weighted by molar-refractivity contribution is 0.102. The van der Waals surface area contributed by atoms with Crippen LogP contribution in [0.5, 0.6) is 5.88 Å². The van der Waals surface area contributed by atoms with Crippen LogP contribution >= 0.6 is 15.9 Å². The van der Waals surface area contributed by atoms with E-state index in [4.69, 9.17) is 15.2 Å². The molecule has 0 atom stereocenters. The highest BCUT2D eigenvalue weighted by molar-refractivity contribution is 9.10. The van der Waals surface area contributed by atoms with Crippen molar-refractivity contribution in [1.29, 1.82) is 0 Å². The highest BCUT2D eigenvalue weighted by Crippen LogP contribution is 2.27. The standard InChI is InChI=1S/C5H7BrN2O3/c1-9-5-4(6)3(2-10-7)11-8-5/h2,7H2,1H3. The Labute approximate surface area is 71.5 Å². The van der Waals surface area contributed by atoms with Crippen LogP contribution < -0.4 is 10.6 Å². The number of aromatic nitrogens is 1. The van der Waals surface area contributed by atoms with E-state index >= 15 is 0 Å². The molecule has 0 bridgehead atoms. The zero-order chi connectivity index (χ0) is 8.27. The molecule has 5 nitrogen and oxygen atoms in total. The van der Waals surface area contributed by atoms with Crippen LogP contribution in [0.4, 0.5) is 0 Å². The molecule has 62 valence electrons. The molecule has 0 radical (unpaired) electrons. The monoisotopic (exact) mass is 222 g/mol. The Bertz CT molecular complexity index is 238. The van der Waals surface area contributed by atoms with Crippen molar-refractivity contribution in [2.45, 2.75) is 6.61 Å². The topological polar surface area (TPSA) is 70.5 Å². The van der Waals surface area contributed by atoms with Crippen LogP contribution in [0.25, 0.3) is 0 Å². The average Bonchev–Trinajstić information content (AvgIpc) is 2.34. The molecular weight excluding hydrogens is 216 g/mol. The van der Waals surface area contributed by atoms with Crippen molar-refractivity contribution in [2.24, 2.45) is 5.90 Å². The first-order chi connectivity index (χ1) is 5.29. The Hall–Kier alpha value is -0.590. The predicted octanol–water partition coefficient (Wildman–Crippen LogP) is 0.836. The smallest absolute Gasteiger partial charge is 0.268 e. The highest BCUT2D eigenvalue weighted by atomic mass is 79.9. The van der Waals surface area contributed by atoms with Crippen molar-refractivity contribution in [3.8, 4) is 5.88 Å². The molecule has 11 heavy (non-hydrogen) atoms. The predicted molar refractivity (Wildman–Crippen MR) is 39.7 cm³/mol. The summed E-state index contributed by atoms with van der Waals surface area (Å²) in [6, 6.07) is 0. The van der Waals surface area contributed by atoms with Crippen LogP contribution in [0.15, 0.2) is 9.00 Å². The van der Waals surface area contributed by atoms with Gasteiger partial charge >= 0.3 is 0 Å². The Balaban J connectivity index is 2.82. The Kier molecular flexibility index (Phi) is 2.86. The summed E-state index contributed by atoms with van der Waals surface area (Å²) >= 11 is 3.20. The first-order valence-corrected chi connectivity index (χ1v) is 3.58. The van der Waals surface area contributed by atoms with E-state index in [1.165, 1.54) is 7.11 Å². The summed E-state index contributed by atoms with van der Waals surface area (Å²) in [5.41, 5.74) is 0. The van der Waals surface area contributed by atoms with Crippen molar-refractivity contribution in [1.82, 2.24) is 5.16 Å². The largest absolute Gasteiger partial charge is 0.478 e. The fraction of sp³-hybridized carbons (Fsp3) is 0.400. The third-order valence-electron chi connectivity index (χ3n) is 1.08. The van der Waals surface area contributed by atoms with Gasteiger partial charge in [-0.15, -0.1) is 0 Å². The minimum absolute atomic E-state index is 0.164. The van der Waals surface area contributed by atoms with Gasteiger partial charge in [0.2, 0.25) is 0 Å². The number of hydrogen-bond acceptors (Lipinski definition) is 5. The van der Waals surface area contributed by atoms with Crippen molar-refractivity contribution in [3.63, 3.8) is 0 Å². The van der Waals surface area contributed by atoms with E-state index in [2.05, 4.69) is 25.9 Å². The molecule has 1 aromatic heterocycles. The lowest BCUT2D eigenvalue weighted by atomic mass is 10.5. The minimum atomic E-state index is 0.164. The average molecular weight is 223 g/mol. The Morgan fingerprint density at radius 1 is 1.73 bits per heavy atom. The number of halogens is 1. The first-order valence-electron chi connectivity index (χ1n) is 2.79. The normalized spacial score (nSPS) is 10.1. The van der Waals surface area contributed by atoms with Crippen molar-refractivity contribution >= 4 is 15.9 Å². The third kappa shape index (κ3) is 1.70. The van der Waals surface area contributed by atoms with Gasteiger partial charge in [0.05, 0.1) is 7.11 Å². The summed E-state index contributed by atoms with van der Waals surface area (Å²) < 4.78 is 10.3. The number of methoxy groups -OCH3 is 1. The molecule has 1 rings (SSSR count). The Morgan fingerprint density at radius 2 is 2.45 bits per heavy atom. The molecule has 0 aliphatic rings. The van der Waals surface area contributed by atoms with Gasteiger partial charge in [-0.05, 0) is 21.1 Å². The molecule has 0 unspecified atom stereocenters. The van der Waals surface area contributed by atoms with Crippen molar-refractivity contribution < 1.29 is 14.1 Å². The molecule has 0 aliphatic carbocycles. The van der Waals surface area contributed by atoms with Gasteiger partial charge in [-0.1, -0.05) is 0 Å². The SMILES string of the molecule is COc1noc(CON)c1Br. The fourth-order valence-electron chi connectivity index (χ4n) is 0.588. The molecule has 0 saturated heterocycles. The molecule has 6 heteroatoms. The summed E-state index contributed by atoms with van der Waals surface area (Å²) in [6.07, 6.45) is 0. The van der Waals surface area contributed by atoms with Crippen LogP contribution in [-0.4, -0.2) is 12.3 Å². The zero-order valence-corrected chi connectivity index (χ0v) is 7.42. The van der Waals surface area contributed by atoms with E-state index in [-0.39, 0.29) is 6.61 Å². The maximum absolute atomic E-state index is 4.83. The van der Waals surface area contributed by atoms with Crippen LogP contribution in [0.3, 0.4) is 0 Å². The molecule has 0 aromatic carbocycles. The van der Waals surface area contributed by atoms with E-state index in [0.717, 1.165) is 0 Å². The van der Waals surface area contributed by atoms with E-state index in [1.54, 1.807) is 0 Å². The molecule has 1 heterocycles. The third-order valence-corrected chi connectivity index (χ3v) is 1.86. The number of nitrogens with zero attached hydrogens (tertiary/aromatic N) is 1. The van der Waals surface area contributed by atoms with E-state index in [9.17, 15) is 0 Å². The van der Waals surface area contributed by atoms with E-state index < -0.39 is 0 Å². The minimum Gasteiger partial charge on any atom is -0.478 e. The van der Waals surface area contributed by atoms with E-state index in [1.807, 2.05) is 0 Å². The number of rotatable bonds is 3. The summed E-state index contributed by atoms with van der Waals surface area (Å²) in [6.45, 7) is 0.164. The molecule has 0 spiro atoms. The second-order valence-corrected chi connectivity index (χ2v) is 2.53. The summed E-state index contributed by atoms with van der Waals surface area (Å²) in [4.78, 5) is 4.35. The van der Waals surface area contributed by atoms with Crippen molar-refractivity contribution in [3.05, 3.63) is 10.2 Å². The van der Waals surface area contributed by atoms with Gasteiger partial charge in [0.15, 0.2) is 5.76 Å². The lowest BCUT2D eigenvalue weighted by Gasteiger charge is -1.92. The quantitative estimate of drug-likeness (QED) is 0.768. The van der Waals surface area contributed by atoms with Gasteiger partial charge in [0.1, 0.15) is 11.1 Å². The van der Waals surface area contributed by atoms with Gasteiger partial charge in [0, 0.05) is 0 Å². The summed E-state index contributed by atoms with van der Waals surface area (Å²) in [7, 11) is 1.50. The number of hydrogen-bond donors (Lipinski definition) is 1. The molecule has 0 fully saturated rings. The molecular formula is C5H7BrN2O3. The van der Waals surface area contributed by atoms with E-state index in [0.29, 0.717) is 16.1 Å². The van der Waals surface area contributed by atoms with Gasteiger partial charge in [-0.3, -0.25) is 4.84 Å². The van der Waals surface area contributed by atoms with Crippen LogP contribution in [0.1, 0.15) is 5.76 Å². The second-order valence-electron chi connectivity index (χ2n) is 1.74. The maximum Gasteiger partial charge on any atom is 0.268 e. The van der Waals surface area contributed by atoms with Crippen LogP contribution in [0.2, 0.25) is 0 Å². The van der Waals surface area contributed by atoms with Gasteiger partial charge in [0.25, 0.3) is 5.88 Å². The van der Waals surface area contributed by atoms with Gasteiger partial charge in [-0.25, -0.2) is 5.90 Å². The molecule has 0 amide bonds. The first kappa shape index (κ1) is 8.51. The fourth-order valence-corrected chi connectivity index (χ4v) is 1.01. The van der Waals surface area contributed by atoms with Gasteiger partial charge < -0.3 is 9.26 Å².